The summed E-state index contributed by atoms with van der Waals surface area (Å²) >= 11 is 1.20. The molecule has 0 radical (unpaired) electrons. The SMILES string of the molecule is Cc1ccc(-c2nc(NC(=O)Nc3ccc(F)cc3F)sc2-c2ccc(NS(C)(=O)=O)cc2)cc1. The van der Waals surface area contributed by atoms with Gasteiger partial charge in [0.15, 0.2) is 5.13 Å². The summed E-state index contributed by atoms with van der Waals surface area (Å²) in [5.74, 6) is -1.65. The molecule has 3 N–H and O–H groups in total. The Morgan fingerprint density at radius 2 is 1.57 bits per heavy atom. The molecule has 0 fully saturated rings. The van der Waals surface area contributed by atoms with E-state index in [2.05, 4.69) is 20.3 Å². The zero-order chi connectivity index (χ0) is 25.2. The predicted octanol–water partition coefficient (Wildman–Crippen LogP) is 6.08. The molecule has 0 aliphatic heterocycles. The second kappa shape index (κ2) is 9.80. The van der Waals surface area contributed by atoms with Gasteiger partial charge < -0.3 is 5.32 Å². The van der Waals surface area contributed by atoms with Crippen LogP contribution in [0, 0.1) is 18.6 Å². The molecule has 7 nitrogen and oxygen atoms in total. The Hall–Kier alpha value is -3.83. The van der Waals surface area contributed by atoms with Gasteiger partial charge in [-0.2, -0.15) is 0 Å². The molecule has 1 aromatic heterocycles. The van der Waals surface area contributed by atoms with Gasteiger partial charge in [-0.15, -0.1) is 0 Å². The van der Waals surface area contributed by atoms with Crippen LogP contribution in [0.3, 0.4) is 0 Å². The number of sulfonamides is 1. The highest BCUT2D eigenvalue weighted by Gasteiger charge is 2.17. The summed E-state index contributed by atoms with van der Waals surface area (Å²) in [6.45, 7) is 1.96. The topological polar surface area (TPSA) is 100 Å². The number of urea groups is 1. The molecule has 0 spiro atoms. The van der Waals surface area contributed by atoms with Gasteiger partial charge >= 0.3 is 6.03 Å². The monoisotopic (exact) mass is 514 g/mol. The van der Waals surface area contributed by atoms with Crippen molar-refractivity contribution in [2.24, 2.45) is 0 Å². The van der Waals surface area contributed by atoms with Gasteiger partial charge in [0.25, 0.3) is 0 Å². The molecule has 0 saturated heterocycles. The number of benzene rings is 3. The summed E-state index contributed by atoms with van der Waals surface area (Å²) in [4.78, 5) is 17.8. The number of hydrogen-bond donors (Lipinski definition) is 3. The third-order valence-electron chi connectivity index (χ3n) is 4.80. The van der Waals surface area contributed by atoms with Crippen molar-refractivity contribution >= 4 is 43.9 Å². The minimum Gasteiger partial charge on any atom is -0.305 e. The van der Waals surface area contributed by atoms with Crippen LogP contribution >= 0.6 is 11.3 Å². The molecule has 0 unspecified atom stereocenters. The minimum atomic E-state index is -3.41. The van der Waals surface area contributed by atoms with Crippen molar-refractivity contribution < 1.29 is 22.0 Å². The average molecular weight is 515 g/mol. The van der Waals surface area contributed by atoms with Gasteiger partial charge in [-0.1, -0.05) is 53.3 Å². The molecule has 180 valence electrons. The van der Waals surface area contributed by atoms with Crippen molar-refractivity contribution in [2.45, 2.75) is 6.92 Å². The number of carbonyl (C=O) groups is 1. The molecule has 3 aromatic carbocycles. The smallest absolute Gasteiger partial charge is 0.305 e. The van der Waals surface area contributed by atoms with Gasteiger partial charge in [0, 0.05) is 17.3 Å². The molecule has 0 atom stereocenters. The number of aryl methyl sites for hydroxylation is 1. The van der Waals surface area contributed by atoms with Crippen LogP contribution in [0.1, 0.15) is 5.56 Å². The summed E-state index contributed by atoms with van der Waals surface area (Å²) in [5.41, 5.74) is 3.50. The van der Waals surface area contributed by atoms with E-state index < -0.39 is 27.7 Å². The van der Waals surface area contributed by atoms with E-state index in [-0.39, 0.29) is 10.8 Å². The minimum absolute atomic E-state index is 0.173. The van der Waals surface area contributed by atoms with E-state index in [9.17, 15) is 22.0 Å². The van der Waals surface area contributed by atoms with Crippen LogP contribution < -0.4 is 15.4 Å². The Balaban J connectivity index is 1.64. The van der Waals surface area contributed by atoms with Crippen LogP contribution in [-0.2, 0) is 10.0 Å². The maximum atomic E-state index is 13.9. The molecule has 11 heteroatoms. The van der Waals surface area contributed by atoms with Gasteiger partial charge in [0.2, 0.25) is 10.0 Å². The lowest BCUT2D eigenvalue weighted by Crippen LogP contribution is -2.20. The summed E-state index contributed by atoms with van der Waals surface area (Å²) in [6, 6.07) is 16.6. The number of halogens is 2. The third-order valence-corrected chi connectivity index (χ3v) is 6.43. The fraction of sp³-hybridized carbons (Fsp3) is 0.0833. The molecule has 2 amide bonds. The van der Waals surface area contributed by atoms with E-state index in [1.54, 1.807) is 24.3 Å². The first-order valence-corrected chi connectivity index (χ1v) is 13.0. The number of anilines is 3. The largest absolute Gasteiger partial charge is 0.325 e. The molecule has 4 aromatic rings. The molecular weight excluding hydrogens is 494 g/mol. The zero-order valence-electron chi connectivity index (χ0n) is 18.6. The summed E-state index contributed by atoms with van der Waals surface area (Å²) < 4.78 is 52.4. The van der Waals surface area contributed by atoms with Crippen molar-refractivity contribution in [3.8, 4) is 21.7 Å². The lowest BCUT2D eigenvalue weighted by Gasteiger charge is -2.06. The molecule has 0 aliphatic carbocycles. The molecule has 0 bridgehead atoms. The quantitative estimate of drug-likeness (QED) is 0.290. The predicted molar refractivity (Wildman–Crippen MR) is 135 cm³/mol. The molecule has 35 heavy (non-hydrogen) atoms. The number of aromatic nitrogens is 1. The van der Waals surface area contributed by atoms with Crippen LogP contribution in [-0.4, -0.2) is 25.7 Å². The Kier molecular flexibility index (Phi) is 6.81. The van der Waals surface area contributed by atoms with Crippen molar-refractivity contribution in [1.29, 1.82) is 0 Å². The van der Waals surface area contributed by atoms with Gasteiger partial charge in [-0.05, 0) is 36.8 Å². The van der Waals surface area contributed by atoms with Gasteiger partial charge in [-0.3, -0.25) is 10.0 Å². The van der Waals surface area contributed by atoms with E-state index in [1.807, 2.05) is 31.2 Å². The number of nitrogens with zero attached hydrogens (tertiary/aromatic N) is 1. The first kappa shape index (κ1) is 24.3. The van der Waals surface area contributed by atoms with Crippen LogP contribution in [0.15, 0.2) is 66.7 Å². The zero-order valence-corrected chi connectivity index (χ0v) is 20.2. The lowest BCUT2D eigenvalue weighted by molar-refractivity contribution is 0.262. The second-order valence-corrected chi connectivity index (χ2v) is 10.5. The number of carbonyl (C=O) groups excluding carboxylic acids is 1. The highest BCUT2D eigenvalue weighted by molar-refractivity contribution is 7.92. The Morgan fingerprint density at radius 1 is 0.914 bits per heavy atom. The van der Waals surface area contributed by atoms with Crippen molar-refractivity contribution in [3.63, 3.8) is 0 Å². The number of thiazole rings is 1. The van der Waals surface area contributed by atoms with Crippen molar-refractivity contribution in [2.75, 3.05) is 21.6 Å². The summed E-state index contributed by atoms with van der Waals surface area (Å²) in [5, 5.41) is 5.19. The average Bonchev–Trinajstić information content (AvgIpc) is 3.19. The molecule has 0 saturated carbocycles. The lowest BCUT2D eigenvalue weighted by atomic mass is 10.1. The standard InChI is InChI=1S/C24H20F2N4O3S2/c1-14-3-5-15(6-4-14)21-22(16-7-10-18(11-8-16)30-35(2,32)33)34-24(28-21)29-23(31)27-20-12-9-17(25)13-19(20)26/h3-13,30H,1-2H3,(H2,27,28,29,31). The fourth-order valence-corrected chi connectivity index (χ4v) is 4.77. The normalized spacial score (nSPS) is 11.2. The Morgan fingerprint density at radius 3 is 2.20 bits per heavy atom. The number of amides is 2. The van der Waals surface area contributed by atoms with Crippen LogP contribution in [0.2, 0.25) is 0 Å². The summed E-state index contributed by atoms with van der Waals surface area (Å²) in [6.07, 6.45) is 1.07. The maximum absolute atomic E-state index is 13.9. The number of rotatable bonds is 6. The molecule has 1 heterocycles. The number of hydrogen-bond acceptors (Lipinski definition) is 5. The third kappa shape index (κ3) is 6.19. The van der Waals surface area contributed by atoms with Crippen LogP contribution in [0.5, 0.6) is 0 Å². The van der Waals surface area contributed by atoms with E-state index in [0.717, 1.165) is 40.0 Å². The molecular formula is C24H20F2N4O3S2. The second-order valence-electron chi connectivity index (χ2n) is 7.72. The Bertz CT molecular complexity index is 1490. The van der Waals surface area contributed by atoms with Crippen LogP contribution in [0.25, 0.3) is 21.7 Å². The van der Waals surface area contributed by atoms with E-state index in [0.29, 0.717) is 17.4 Å². The van der Waals surface area contributed by atoms with Gasteiger partial charge in [0.1, 0.15) is 11.6 Å². The van der Waals surface area contributed by atoms with E-state index >= 15 is 0 Å². The van der Waals surface area contributed by atoms with Crippen molar-refractivity contribution in [3.05, 3.63) is 83.9 Å². The molecule has 0 aliphatic rings. The summed E-state index contributed by atoms with van der Waals surface area (Å²) in [7, 11) is -3.41. The van der Waals surface area contributed by atoms with E-state index in [4.69, 9.17) is 0 Å². The van der Waals surface area contributed by atoms with Gasteiger partial charge in [-0.25, -0.2) is 27.0 Å². The molecule has 4 rings (SSSR count). The number of nitrogens with one attached hydrogen (secondary N) is 3. The first-order chi connectivity index (χ1) is 16.6. The fourth-order valence-electron chi connectivity index (χ4n) is 3.22. The maximum Gasteiger partial charge on any atom is 0.325 e. The van der Waals surface area contributed by atoms with Crippen molar-refractivity contribution in [1.82, 2.24) is 4.98 Å². The van der Waals surface area contributed by atoms with Gasteiger partial charge in [0.05, 0.1) is 22.5 Å². The Labute approximate surface area is 204 Å². The first-order valence-electron chi connectivity index (χ1n) is 10.3. The van der Waals surface area contributed by atoms with E-state index in [1.165, 1.54) is 11.3 Å². The highest BCUT2D eigenvalue weighted by Crippen LogP contribution is 2.39. The highest BCUT2D eigenvalue weighted by atomic mass is 32.2. The van der Waals surface area contributed by atoms with Crippen LogP contribution in [0.4, 0.5) is 30.1 Å².